The highest BCUT2D eigenvalue weighted by Gasteiger charge is 2.29. The zero-order valence-electron chi connectivity index (χ0n) is 16.5. The molecular weight excluding hydrogens is 394 g/mol. The number of esters is 1. The normalized spacial score (nSPS) is 13.9. The van der Waals surface area contributed by atoms with Crippen molar-refractivity contribution in [3.63, 3.8) is 0 Å². The van der Waals surface area contributed by atoms with E-state index in [-0.39, 0.29) is 5.91 Å². The molecule has 0 bridgehead atoms. The lowest BCUT2D eigenvalue weighted by Crippen LogP contribution is -2.38. The molecule has 2 aromatic carbocycles. The Morgan fingerprint density at radius 2 is 1.93 bits per heavy atom. The largest absolute Gasteiger partial charge is 0.493 e. The summed E-state index contributed by atoms with van der Waals surface area (Å²) in [5.74, 6) is -0.00151. The second-order valence-corrected chi connectivity index (χ2v) is 6.93. The first-order chi connectivity index (χ1) is 13.9. The van der Waals surface area contributed by atoms with E-state index < -0.39 is 12.1 Å². The van der Waals surface area contributed by atoms with Crippen LogP contribution in [0.3, 0.4) is 0 Å². The molecule has 29 heavy (non-hydrogen) atoms. The summed E-state index contributed by atoms with van der Waals surface area (Å²) in [4.78, 5) is 26.5. The van der Waals surface area contributed by atoms with Gasteiger partial charge in [-0.05, 0) is 48.7 Å². The molecule has 3 rings (SSSR count). The lowest BCUT2D eigenvalue weighted by molar-refractivity contribution is -0.149. The average Bonchev–Trinajstić information content (AvgIpc) is 3.15. The van der Waals surface area contributed by atoms with Gasteiger partial charge in [0, 0.05) is 18.3 Å². The predicted molar refractivity (Wildman–Crippen MR) is 112 cm³/mol. The number of hydrogen-bond donors (Lipinski definition) is 0. The number of fused-ring (bicyclic) bond motifs is 1. The molecule has 1 amide bonds. The van der Waals surface area contributed by atoms with Crippen LogP contribution in [0.4, 0.5) is 5.69 Å². The van der Waals surface area contributed by atoms with Crippen LogP contribution in [0.1, 0.15) is 18.1 Å². The van der Waals surface area contributed by atoms with Crippen molar-refractivity contribution in [2.75, 3.05) is 25.7 Å². The van der Waals surface area contributed by atoms with Crippen molar-refractivity contribution in [3.8, 4) is 11.5 Å². The Morgan fingerprint density at radius 3 is 2.66 bits per heavy atom. The third kappa shape index (κ3) is 4.54. The summed E-state index contributed by atoms with van der Waals surface area (Å²) in [5, 5.41) is 0.358. The van der Waals surface area contributed by atoms with Gasteiger partial charge in [-0.2, -0.15) is 0 Å². The van der Waals surface area contributed by atoms with Crippen LogP contribution >= 0.6 is 11.6 Å². The first-order valence-electron chi connectivity index (χ1n) is 9.14. The predicted octanol–water partition coefficient (Wildman–Crippen LogP) is 3.89. The van der Waals surface area contributed by atoms with Gasteiger partial charge in [-0.15, -0.1) is 0 Å². The second-order valence-electron chi connectivity index (χ2n) is 6.52. The molecule has 2 aromatic rings. The molecule has 0 spiro atoms. The Balaban J connectivity index is 1.65. The van der Waals surface area contributed by atoms with Crippen molar-refractivity contribution in [3.05, 3.63) is 58.6 Å². The molecule has 152 valence electrons. The van der Waals surface area contributed by atoms with Crippen LogP contribution < -0.4 is 14.4 Å². The monoisotopic (exact) mass is 415 g/mol. The number of ether oxygens (including phenoxy) is 3. The summed E-state index contributed by atoms with van der Waals surface area (Å²) < 4.78 is 15.7. The number of anilines is 1. The zero-order chi connectivity index (χ0) is 21.0. The van der Waals surface area contributed by atoms with Crippen molar-refractivity contribution in [1.29, 1.82) is 0 Å². The van der Waals surface area contributed by atoms with Crippen molar-refractivity contribution in [2.45, 2.75) is 19.4 Å². The average molecular weight is 416 g/mol. The minimum atomic E-state index is -0.896. The van der Waals surface area contributed by atoms with Crippen LogP contribution in [0.2, 0.25) is 5.02 Å². The van der Waals surface area contributed by atoms with Crippen molar-refractivity contribution in [1.82, 2.24) is 0 Å². The van der Waals surface area contributed by atoms with E-state index in [1.165, 1.54) is 20.3 Å². The Bertz CT molecular complexity index is 956. The molecule has 0 aliphatic carbocycles. The summed E-state index contributed by atoms with van der Waals surface area (Å²) >= 11 is 6.16. The van der Waals surface area contributed by atoms with E-state index in [0.717, 1.165) is 17.7 Å². The molecule has 0 fully saturated rings. The number of methoxy groups -OCH3 is 2. The standard InChI is InChI=1S/C22H22ClNO5/c1-14(22(26)24-11-10-16-6-4-5-7-18(16)24)29-20(25)9-8-15-12-17(23)21(28-3)19(13-15)27-2/h4-9,12-14H,10-11H2,1-3H3/b9-8+/t14-/m1/s1. The van der Waals surface area contributed by atoms with Gasteiger partial charge in [-0.25, -0.2) is 4.79 Å². The van der Waals surface area contributed by atoms with Gasteiger partial charge in [0.2, 0.25) is 0 Å². The van der Waals surface area contributed by atoms with Crippen LogP contribution in [0, 0.1) is 0 Å². The first-order valence-corrected chi connectivity index (χ1v) is 9.52. The van der Waals surface area contributed by atoms with E-state index >= 15 is 0 Å². The smallest absolute Gasteiger partial charge is 0.331 e. The van der Waals surface area contributed by atoms with Gasteiger partial charge < -0.3 is 19.1 Å². The summed E-state index contributed by atoms with van der Waals surface area (Å²) in [6.07, 6.45) is 2.69. The Labute approximate surface area is 174 Å². The summed E-state index contributed by atoms with van der Waals surface area (Å²) in [7, 11) is 2.99. The van der Waals surface area contributed by atoms with Crippen LogP contribution in [0.15, 0.2) is 42.5 Å². The molecule has 0 aromatic heterocycles. The quantitative estimate of drug-likeness (QED) is 0.529. The topological polar surface area (TPSA) is 65.1 Å². The maximum absolute atomic E-state index is 12.7. The molecule has 0 saturated heterocycles. The number of halogens is 1. The number of hydrogen-bond acceptors (Lipinski definition) is 5. The van der Waals surface area contributed by atoms with Gasteiger partial charge in [0.1, 0.15) is 0 Å². The van der Waals surface area contributed by atoms with E-state index in [1.807, 2.05) is 24.3 Å². The molecule has 6 nitrogen and oxygen atoms in total. The van der Waals surface area contributed by atoms with Gasteiger partial charge >= 0.3 is 5.97 Å². The van der Waals surface area contributed by atoms with Gasteiger partial charge in [0.05, 0.1) is 19.2 Å². The van der Waals surface area contributed by atoms with Gasteiger partial charge in [0.15, 0.2) is 17.6 Å². The fraction of sp³-hybridized carbons (Fsp3) is 0.273. The number of carbonyl (C=O) groups excluding carboxylic acids is 2. The van der Waals surface area contributed by atoms with Gasteiger partial charge in [-0.3, -0.25) is 4.79 Å². The van der Waals surface area contributed by atoms with Crippen molar-refractivity contribution < 1.29 is 23.8 Å². The van der Waals surface area contributed by atoms with Crippen molar-refractivity contribution >= 4 is 35.2 Å². The highest BCUT2D eigenvalue weighted by molar-refractivity contribution is 6.32. The number of para-hydroxylation sites is 1. The van der Waals surface area contributed by atoms with Gasteiger partial charge in [-0.1, -0.05) is 29.8 Å². The third-order valence-electron chi connectivity index (χ3n) is 4.66. The van der Waals surface area contributed by atoms with Crippen LogP contribution in [0.5, 0.6) is 11.5 Å². The maximum Gasteiger partial charge on any atom is 0.331 e. The Morgan fingerprint density at radius 1 is 1.17 bits per heavy atom. The lowest BCUT2D eigenvalue weighted by Gasteiger charge is -2.21. The molecule has 1 aliphatic rings. The highest BCUT2D eigenvalue weighted by atomic mass is 35.5. The lowest BCUT2D eigenvalue weighted by atomic mass is 10.2. The van der Waals surface area contributed by atoms with E-state index in [9.17, 15) is 9.59 Å². The fourth-order valence-electron chi connectivity index (χ4n) is 3.25. The Hall–Kier alpha value is -2.99. The number of nitrogens with zero attached hydrogens (tertiary/aromatic N) is 1. The minimum Gasteiger partial charge on any atom is -0.493 e. The van der Waals surface area contributed by atoms with Gasteiger partial charge in [0.25, 0.3) is 5.91 Å². The van der Waals surface area contributed by atoms with Crippen LogP contribution in [0.25, 0.3) is 6.08 Å². The van der Waals surface area contributed by atoms with E-state index in [2.05, 4.69) is 0 Å². The molecular formula is C22H22ClNO5. The number of amides is 1. The molecule has 1 heterocycles. The van der Waals surface area contributed by atoms with Crippen LogP contribution in [-0.4, -0.2) is 38.7 Å². The summed E-state index contributed by atoms with van der Waals surface area (Å²) in [6.45, 7) is 2.16. The molecule has 0 unspecified atom stereocenters. The van der Waals surface area contributed by atoms with E-state index in [4.69, 9.17) is 25.8 Å². The SMILES string of the molecule is COc1cc(/C=C/C(=O)O[C@H](C)C(=O)N2CCc3ccccc32)cc(Cl)c1OC. The Kier molecular flexibility index (Phi) is 6.44. The molecule has 1 atom stereocenters. The fourth-order valence-corrected chi connectivity index (χ4v) is 3.55. The number of benzene rings is 2. The summed E-state index contributed by atoms with van der Waals surface area (Å²) in [5.41, 5.74) is 2.62. The van der Waals surface area contributed by atoms with Crippen molar-refractivity contribution in [2.24, 2.45) is 0 Å². The third-order valence-corrected chi connectivity index (χ3v) is 4.94. The number of carbonyl (C=O) groups is 2. The molecule has 1 aliphatic heterocycles. The maximum atomic E-state index is 12.7. The summed E-state index contributed by atoms with van der Waals surface area (Å²) in [6, 6.07) is 11.1. The first kappa shape index (κ1) is 20.7. The molecule has 0 saturated carbocycles. The van der Waals surface area contributed by atoms with E-state index in [0.29, 0.717) is 28.6 Å². The van der Waals surface area contributed by atoms with Crippen LogP contribution in [-0.2, 0) is 20.7 Å². The molecule has 0 radical (unpaired) electrons. The second kappa shape index (κ2) is 9.01. The zero-order valence-corrected chi connectivity index (χ0v) is 17.2. The van der Waals surface area contributed by atoms with E-state index in [1.54, 1.807) is 30.0 Å². The highest BCUT2D eigenvalue weighted by Crippen LogP contribution is 2.36. The minimum absolute atomic E-state index is 0.245. The number of rotatable bonds is 6. The molecule has 0 N–H and O–H groups in total. The molecule has 7 heteroatoms.